The zero-order chi connectivity index (χ0) is 14.4. The summed E-state index contributed by atoms with van der Waals surface area (Å²) in [6, 6.07) is 8.30. The topological polar surface area (TPSA) is 44.9 Å². The highest BCUT2D eigenvalue weighted by atomic mass is 16.1. The van der Waals surface area contributed by atoms with Crippen molar-refractivity contribution >= 4 is 16.8 Å². The molecule has 0 aliphatic rings. The van der Waals surface area contributed by atoms with E-state index in [1.54, 1.807) is 0 Å². The molecule has 1 aromatic heterocycles. The normalized spacial score (nSPS) is 12.5. The van der Waals surface area contributed by atoms with Crippen LogP contribution >= 0.6 is 0 Å². The summed E-state index contributed by atoms with van der Waals surface area (Å²) >= 11 is 0. The second kappa shape index (κ2) is 7.13. The Hall–Kier alpha value is -1.77. The summed E-state index contributed by atoms with van der Waals surface area (Å²) in [5.41, 5.74) is 2.47. The van der Waals surface area contributed by atoms with Crippen molar-refractivity contribution < 1.29 is 4.79 Å². The van der Waals surface area contributed by atoms with Crippen LogP contribution in [-0.4, -0.2) is 17.4 Å². The maximum absolute atomic E-state index is 11.7. The first-order valence-corrected chi connectivity index (χ1v) is 7.52. The summed E-state index contributed by atoms with van der Waals surface area (Å²) < 4.78 is 0. The van der Waals surface area contributed by atoms with Crippen molar-refractivity contribution in [3.05, 3.63) is 36.0 Å². The average Bonchev–Trinajstić information content (AvgIpc) is 2.88. The minimum atomic E-state index is 0.171. The minimum absolute atomic E-state index is 0.171. The van der Waals surface area contributed by atoms with Crippen LogP contribution in [0.25, 0.3) is 10.9 Å². The third kappa shape index (κ3) is 3.86. The molecule has 2 N–H and O–H groups in total. The Morgan fingerprint density at radius 3 is 2.95 bits per heavy atom. The zero-order valence-electron chi connectivity index (χ0n) is 12.4. The van der Waals surface area contributed by atoms with Crippen LogP contribution in [0, 0.1) is 5.92 Å². The number of H-pyrrole nitrogens is 1. The van der Waals surface area contributed by atoms with E-state index < -0.39 is 0 Å². The number of hydrogen-bond acceptors (Lipinski definition) is 1. The summed E-state index contributed by atoms with van der Waals surface area (Å²) in [6.07, 6.45) is 5.61. The predicted molar refractivity (Wildman–Crippen MR) is 83.7 cm³/mol. The average molecular weight is 272 g/mol. The fourth-order valence-corrected chi connectivity index (χ4v) is 2.30. The second-order valence-corrected chi connectivity index (χ2v) is 5.53. The van der Waals surface area contributed by atoms with Gasteiger partial charge in [-0.15, -0.1) is 0 Å². The minimum Gasteiger partial charge on any atom is -0.361 e. The van der Waals surface area contributed by atoms with Gasteiger partial charge in [0.1, 0.15) is 0 Å². The molecule has 1 aromatic carbocycles. The third-order valence-electron chi connectivity index (χ3n) is 3.87. The summed E-state index contributed by atoms with van der Waals surface area (Å²) in [5.74, 6) is 0.734. The molecule has 0 saturated heterocycles. The fourth-order valence-electron chi connectivity index (χ4n) is 2.30. The molecule has 20 heavy (non-hydrogen) atoms. The molecule has 0 saturated carbocycles. The van der Waals surface area contributed by atoms with Gasteiger partial charge in [-0.25, -0.2) is 0 Å². The van der Waals surface area contributed by atoms with E-state index in [4.69, 9.17) is 0 Å². The number of hydrogen-bond donors (Lipinski definition) is 2. The van der Waals surface area contributed by atoms with Gasteiger partial charge in [0, 0.05) is 30.1 Å². The SMILES string of the molecule is CCC(C)CNC(=O)CCCc1c[nH]c2ccccc12. The Morgan fingerprint density at radius 2 is 2.15 bits per heavy atom. The molecule has 2 rings (SSSR count). The molecule has 0 aliphatic heterocycles. The molecule has 1 amide bonds. The first-order valence-electron chi connectivity index (χ1n) is 7.52. The lowest BCUT2D eigenvalue weighted by Crippen LogP contribution is -2.27. The van der Waals surface area contributed by atoms with E-state index in [0.717, 1.165) is 25.8 Å². The second-order valence-electron chi connectivity index (χ2n) is 5.53. The smallest absolute Gasteiger partial charge is 0.220 e. The van der Waals surface area contributed by atoms with Gasteiger partial charge in [-0.05, 0) is 30.4 Å². The molecule has 2 aromatic rings. The molecule has 3 nitrogen and oxygen atoms in total. The summed E-state index contributed by atoms with van der Waals surface area (Å²) in [4.78, 5) is 15.0. The maximum Gasteiger partial charge on any atom is 0.220 e. The molecular formula is C17H24N2O. The van der Waals surface area contributed by atoms with Gasteiger partial charge in [-0.3, -0.25) is 4.79 Å². The standard InChI is InChI=1S/C17H24N2O/c1-3-13(2)11-19-17(20)10-6-7-14-12-18-16-9-5-4-8-15(14)16/h4-5,8-9,12-13,18H,3,6-7,10-11H2,1-2H3,(H,19,20). The van der Waals surface area contributed by atoms with Gasteiger partial charge >= 0.3 is 0 Å². The van der Waals surface area contributed by atoms with Crippen LogP contribution < -0.4 is 5.32 Å². The Bertz CT molecular complexity index is 559. The Kier molecular flexibility index (Phi) is 5.22. The lowest BCUT2D eigenvalue weighted by molar-refractivity contribution is -0.121. The molecule has 3 heteroatoms. The monoisotopic (exact) mass is 272 g/mol. The first-order chi connectivity index (χ1) is 9.70. The molecule has 1 unspecified atom stereocenters. The maximum atomic E-state index is 11.7. The van der Waals surface area contributed by atoms with E-state index in [-0.39, 0.29) is 5.91 Å². The largest absolute Gasteiger partial charge is 0.361 e. The number of para-hydroxylation sites is 1. The van der Waals surface area contributed by atoms with Gasteiger partial charge in [0.15, 0.2) is 0 Å². The van der Waals surface area contributed by atoms with Crippen molar-refractivity contribution in [1.82, 2.24) is 10.3 Å². The number of fused-ring (bicyclic) bond motifs is 1. The molecule has 1 heterocycles. The van der Waals surface area contributed by atoms with Gasteiger partial charge in [0.25, 0.3) is 0 Å². The lowest BCUT2D eigenvalue weighted by atomic mass is 10.1. The number of aromatic nitrogens is 1. The van der Waals surface area contributed by atoms with Gasteiger partial charge < -0.3 is 10.3 Å². The summed E-state index contributed by atoms with van der Waals surface area (Å²) in [7, 11) is 0. The Morgan fingerprint density at radius 1 is 1.35 bits per heavy atom. The summed E-state index contributed by atoms with van der Waals surface area (Å²) in [6.45, 7) is 5.10. The molecule has 1 atom stereocenters. The van der Waals surface area contributed by atoms with Gasteiger partial charge in [0.05, 0.1) is 0 Å². The van der Waals surface area contributed by atoms with E-state index in [2.05, 4.69) is 48.5 Å². The highest BCUT2D eigenvalue weighted by Crippen LogP contribution is 2.19. The van der Waals surface area contributed by atoms with Gasteiger partial charge in [-0.1, -0.05) is 38.5 Å². The van der Waals surface area contributed by atoms with Crippen LogP contribution in [0.15, 0.2) is 30.5 Å². The van der Waals surface area contributed by atoms with Crippen molar-refractivity contribution in [2.45, 2.75) is 39.5 Å². The van der Waals surface area contributed by atoms with Crippen molar-refractivity contribution in [3.63, 3.8) is 0 Å². The highest BCUT2D eigenvalue weighted by Gasteiger charge is 2.06. The predicted octanol–water partition coefficient (Wildman–Crippen LogP) is 3.65. The number of amides is 1. The number of nitrogens with one attached hydrogen (secondary N) is 2. The lowest BCUT2D eigenvalue weighted by Gasteiger charge is -2.09. The molecular weight excluding hydrogens is 248 g/mol. The van der Waals surface area contributed by atoms with Crippen molar-refractivity contribution in [2.24, 2.45) is 5.92 Å². The van der Waals surface area contributed by atoms with E-state index >= 15 is 0 Å². The fraction of sp³-hybridized carbons (Fsp3) is 0.471. The molecule has 0 fully saturated rings. The van der Waals surface area contributed by atoms with E-state index in [1.165, 1.54) is 16.5 Å². The molecule has 108 valence electrons. The number of rotatable bonds is 7. The van der Waals surface area contributed by atoms with Crippen LogP contribution in [0.3, 0.4) is 0 Å². The van der Waals surface area contributed by atoms with Crippen LogP contribution in [-0.2, 0) is 11.2 Å². The van der Waals surface area contributed by atoms with Crippen LogP contribution in [0.2, 0.25) is 0 Å². The van der Waals surface area contributed by atoms with Gasteiger partial charge in [0.2, 0.25) is 5.91 Å². The molecule has 0 spiro atoms. The first kappa shape index (κ1) is 14.6. The van der Waals surface area contributed by atoms with Crippen LogP contribution in [0.1, 0.15) is 38.7 Å². The van der Waals surface area contributed by atoms with Crippen LogP contribution in [0.4, 0.5) is 0 Å². The highest BCUT2D eigenvalue weighted by molar-refractivity contribution is 5.83. The van der Waals surface area contributed by atoms with E-state index in [1.807, 2.05) is 6.07 Å². The molecule has 0 radical (unpaired) electrons. The third-order valence-corrected chi connectivity index (χ3v) is 3.87. The number of aromatic amines is 1. The van der Waals surface area contributed by atoms with Crippen molar-refractivity contribution in [3.8, 4) is 0 Å². The van der Waals surface area contributed by atoms with Crippen LogP contribution in [0.5, 0.6) is 0 Å². The summed E-state index contributed by atoms with van der Waals surface area (Å²) in [5, 5.41) is 4.27. The Labute approximate surface area is 120 Å². The number of benzene rings is 1. The number of carbonyl (C=O) groups excluding carboxylic acids is 1. The molecule has 0 bridgehead atoms. The van der Waals surface area contributed by atoms with E-state index in [0.29, 0.717) is 12.3 Å². The molecule has 0 aliphatic carbocycles. The van der Waals surface area contributed by atoms with Gasteiger partial charge in [-0.2, -0.15) is 0 Å². The van der Waals surface area contributed by atoms with Crippen molar-refractivity contribution in [2.75, 3.05) is 6.54 Å². The quantitative estimate of drug-likeness (QED) is 0.794. The van der Waals surface area contributed by atoms with E-state index in [9.17, 15) is 4.79 Å². The zero-order valence-corrected chi connectivity index (χ0v) is 12.4. The Balaban J connectivity index is 1.77. The number of carbonyl (C=O) groups is 1. The van der Waals surface area contributed by atoms with Crippen molar-refractivity contribution in [1.29, 1.82) is 0 Å². The number of aryl methyl sites for hydroxylation is 1.